The second-order valence-corrected chi connectivity index (χ2v) is 20.7. The fraction of sp³-hybridized carbons (Fsp3) is 0.0294. The monoisotopic (exact) mass is 998 g/mol. The molecule has 10 nitrogen and oxygen atoms in total. The Kier molecular flexibility index (Phi) is 8.05. The van der Waals surface area contributed by atoms with Crippen LogP contribution in [0.2, 0.25) is 0 Å². The van der Waals surface area contributed by atoms with E-state index in [2.05, 4.69) is 156 Å². The lowest BCUT2D eigenvalue weighted by Crippen LogP contribution is -2.23. The minimum absolute atomic E-state index is 0.508. The highest BCUT2D eigenvalue weighted by molar-refractivity contribution is 6.17. The summed E-state index contributed by atoms with van der Waals surface area (Å²) in [6.45, 7) is 2.37. The first-order chi connectivity index (χ1) is 38.5. The predicted octanol–water partition coefficient (Wildman–Crippen LogP) is 16.4. The maximum absolute atomic E-state index is 7.19. The van der Waals surface area contributed by atoms with Gasteiger partial charge >= 0.3 is 0 Å². The number of nitrogens with zero attached hydrogens (tertiary/aromatic N) is 8. The second kappa shape index (κ2) is 15.1. The van der Waals surface area contributed by atoms with E-state index in [9.17, 15) is 0 Å². The summed E-state index contributed by atoms with van der Waals surface area (Å²) in [5, 5.41) is 8.29. The van der Waals surface area contributed by atoms with Gasteiger partial charge in [-0.15, -0.1) is 0 Å². The van der Waals surface area contributed by atoms with Crippen LogP contribution < -0.4 is 0 Å². The summed E-state index contributed by atoms with van der Waals surface area (Å²) in [4.78, 5) is 32.2. The third-order valence-electron chi connectivity index (χ3n) is 16.6. The molecular formula is C68H38N8O2. The molecule has 78 heavy (non-hydrogen) atoms. The molecule has 0 N–H and O–H groups in total. The summed E-state index contributed by atoms with van der Waals surface area (Å²) < 4.78 is 18.1. The average molecular weight is 999 g/mol. The Bertz CT molecular complexity index is 5300. The minimum atomic E-state index is -0.762. The van der Waals surface area contributed by atoms with Gasteiger partial charge in [-0.1, -0.05) is 158 Å². The van der Waals surface area contributed by atoms with Crippen LogP contribution in [-0.2, 0) is 5.41 Å². The van der Waals surface area contributed by atoms with Gasteiger partial charge in [-0.3, -0.25) is 9.13 Å². The molecule has 0 saturated carbocycles. The van der Waals surface area contributed by atoms with Gasteiger partial charge in [-0.05, 0) is 83.8 Å². The number of furan rings is 2. The van der Waals surface area contributed by atoms with Crippen LogP contribution in [0.25, 0.3) is 156 Å². The first-order valence-electron chi connectivity index (χ1n) is 26.2. The molecule has 1 unspecified atom stereocenters. The highest BCUT2D eigenvalue weighted by atomic mass is 16.3. The predicted molar refractivity (Wildman–Crippen MR) is 309 cm³/mol. The van der Waals surface area contributed by atoms with Gasteiger partial charge in [-0.25, -0.2) is 9.97 Å². The van der Waals surface area contributed by atoms with E-state index in [-0.39, 0.29) is 0 Å². The molecule has 10 aromatic carbocycles. The van der Waals surface area contributed by atoms with Crippen LogP contribution in [-0.4, -0.2) is 39.0 Å². The van der Waals surface area contributed by atoms with Crippen molar-refractivity contribution in [3.05, 3.63) is 229 Å². The van der Waals surface area contributed by atoms with E-state index >= 15 is 0 Å². The largest absolute Gasteiger partial charge is 0.456 e. The Morgan fingerprint density at radius 2 is 0.769 bits per heavy atom. The van der Waals surface area contributed by atoms with Gasteiger partial charge in [0.15, 0.2) is 23.3 Å². The van der Waals surface area contributed by atoms with Gasteiger partial charge in [0.1, 0.15) is 22.3 Å². The smallest absolute Gasteiger partial charge is 0.238 e. The zero-order valence-corrected chi connectivity index (χ0v) is 41.6. The maximum atomic E-state index is 7.19. The van der Waals surface area contributed by atoms with Crippen LogP contribution in [0, 0.1) is 0 Å². The van der Waals surface area contributed by atoms with Crippen molar-refractivity contribution >= 4 is 87.5 Å². The third kappa shape index (κ3) is 5.49. The number of rotatable bonds is 4. The zero-order valence-electron chi connectivity index (χ0n) is 41.6. The van der Waals surface area contributed by atoms with Gasteiger partial charge < -0.3 is 8.83 Å². The molecule has 0 saturated heterocycles. The van der Waals surface area contributed by atoms with Crippen molar-refractivity contribution in [2.75, 3.05) is 0 Å². The summed E-state index contributed by atoms with van der Waals surface area (Å²) in [6.07, 6.45) is 0. The molecule has 0 spiro atoms. The Hall–Kier alpha value is -10.6. The Morgan fingerprint density at radius 3 is 1.35 bits per heavy atom. The lowest BCUT2D eigenvalue weighted by atomic mass is 9.73. The quantitative estimate of drug-likeness (QED) is 0.171. The van der Waals surface area contributed by atoms with E-state index in [0.717, 1.165) is 138 Å². The molecule has 1 atom stereocenters. The number of benzene rings is 10. The molecule has 2 aliphatic rings. The Balaban J connectivity index is 0.966. The summed E-state index contributed by atoms with van der Waals surface area (Å²) in [6, 6.07) is 74.2. The first-order valence-corrected chi connectivity index (χ1v) is 26.2. The molecule has 6 aromatic heterocycles. The molecule has 8 bridgehead atoms. The summed E-state index contributed by atoms with van der Waals surface area (Å²) in [5.41, 5.74) is 15.5. The molecule has 0 fully saturated rings. The molecule has 362 valence electrons. The molecule has 1 aliphatic heterocycles. The van der Waals surface area contributed by atoms with E-state index in [1.165, 1.54) is 0 Å². The van der Waals surface area contributed by atoms with E-state index in [4.69, 9.17) is 38.7 Å². The number of aromatic nitrogens is 8. The van der Waals surface area contributed by atoms with Gasteiger partial charge in [0.2, 0.25) is 11.9 Å². The molecule has 16 aromatic rings. The number of hydrogen-bond donors (Lipinski definition) is 0. The van der Waals surface area contributed by atoms with Gasteiger partial charge in [0.25, 0.3) is 0 Å². The number of hydrogen-bond acceptors (Lipinski definition) is 8. The standard InChI is InChI=1S/C68H38N8O2/c1-68-49-27-14-24-42-60-44(26-16-32-58(60)78-61(42)49)65-70-63(38-19-6-3-7-20-38)72-67(74-65)76-53-29-12-9-22-40(53)48-34-46(51(68)36-55(48)76)45-33-47-39-21-8-11-28-52(39)75(54(47)35-50(45)68)66-71-62(37-17-4-2-5-18-37)69-64(73-66)43-25-15-31-57-59(43)41-23-10-13-30-56(41)77-57/h2-36H,1H3. The van der Waals surface area contributed by atoms with E-state index in [1.807, 2.05) is 72.8 Å². The third-order valence-corrected chi connectivity index (χ3v) is 16.6. The van der Waals surface area contributed by atoms with Crippen LogP contribution in [0.1, 0.15) is 23.6 Å². The first kappa shape index (κ1) is 41.7. The molecule has 10 heteroatoms. The highest BCUT2D eigenvalue weighted by Crippen LogP contribution is 2.58. The van der Waals surface area contributed by atoms with Crippen molar-refractivity contribution in [2.24, 2.45) is 0 Å². The van der Waals surface area contributed by atoms with Crippen molar-refractivity contribution in [3.63, 3.8) is 0 Å². The van der Waals surface area contributed by atoms with Gasteiger partial charge in [0.05, 0.1) is 22.1 Å². The number of fused-ring (bicyclic) bond motifs is 17. The molecule has 7 heterocycles. The van der Waals surface area contributed by atoms with E-state index in [0.29, 0.717) is 35.2 Å². The van der Waals surface area contributed by atoms with Crippen molar-refractivity contribution in [1.29, 1.82) is 0 Å². The molecule has 0 amide bonds. The van der Waals surface area contributed by atoms with Crippen molar-refractivity contribution in [3.8, 4) is 68.6 Å². The topological polar surface area (TPSA) is 113 Å². The van der Waals surface area contributed by atoms with Crippen LogP contribution >= 0.6 is 0 Å². The van der Waals surface area contributed by atoms with Crippen LogP contribution in [0.3, 0.4) is 0 Å². The normalized spacial score (nSPS) is 14.5. The van der Waals surface area contributed by atoms with Gasteiger partial charge in [-0.2, -0.15) is 19.9 Å². The van der Waals surface area contributed by atoms with Crippen LogP contribution in [0.15, 0.2) is 221 Å². The summed E-state index contributed by atoms with van der Waals surface area (Å²) in [5.74, 6) is 3.33. The van der Waals surface area contributed by atoms with Crippen molar-refractivity contribution in [2.45, 2.75) is 12.3 Å². The molecule has 0 radical (unpaired) electrons. The van der Waals surface area contributed by atoms with Crippen LogP contribution in [0.5, 0.6) is 0 Å². The highest BCUT2D eigenvalue weighted by Gasteiger charge is 2.45. The van der Waals surface area contributed by atoms with Gasteiger partial charge in [0, 0.05) is 76.3 Å². The minimum Gasteiger partial charge on any atom is -0.456 e. The maximum Gasteiger partial charge on any atom is 0.238 e. The average Bonchev–Trinajstić information content (AvgIpc) is 4.49. The summed E-state index contributed by atoms with van der Waals surface area (Å²) in [7, 11) is 0. The van der Waals surface area contributed by atoms with Crippen molar-refractivity contribution in [1.82, 2.24) is 39.0 Å². The fourth-order valence-corrected chi connectivity index (χ4v) is 13.2. The Labute approximate surface area is 443 Å². The van der Waals surface area contributed by atoms with E-state index < -0.39 is 5.41 Å². The second-order valence-electron chi connectivity index (χ2n) is 20.7. The molecular weight excluding hydrogens is 961 g/mol. The summed E-state index contributed by atoms with van der Waals surface area (Å²) >= 11 is 0. The number of para-hydroxylation sites is 4. The fourth-order valence-electron chi connectivity index (χ4n) is 13.2. The van der Waals surface area contributed by atoms with E-state index in [1.54, 1.807) is 0 Å². The molecule has 18 rings (SSSR count). The molecule has 1 aliphatic carbocycles. The SMILES string of the molecule is CC12c3cc4c(cc3-c3cc5c6ccccc6n(c5cc31)-c1nc(-c3ccccc3)nc(n1)-c1cccc3oc5c2cccc5c13)c1ccccc1n4-c1nc(-c2ccccc2)nc(-c2cccc3oc4ccccc4c23)n1. The van der Waals surface area contributed by atoms with Crippen LogP contribution in [0.4, 0.5) is 0 Å². The lowest BCUT2D eigenvalue weighted by molar-refractivity contribution is 0.638. The lowest BCUT2D eigenvalue weighted by Gasteiger charge is -2.28. The van der Waals surface area contributed by atoms with Crippen molar-refractivity contribution < 1.29 is 8.83 Å². The zero-order chi connectivity index (χ0) is 51.0. The Morgan fingerprint density at radius 1 is 0.321 bits per heavy atom.